The topological polar surface area (TPSA) is 88.8 Å². The molecule has 1 aromatic carbocycles. The van der Waals surface area contributed by atoms with E-state index in [2.05, 4.69) is 5.32 Å². The number of nitrogens with one attached hydrogen (secondary N) is 1. The molecule has 0 saturated heterocycles. The number of hydrogen-bond acceptors (Lipinski definition) is 5. The van der Waals surface area contributed by atoms with Gasteiger partial charge in [-0.05, 0) is 38.0 Å². The summed E-state index contributed by atoms with van der Waals surface area (Å²) >= 11 is 0. The summed E-state index contributed by atoms with van der Waals surface area (Å²) in [6, 6.07) is 5.01. The molecule has 1 unspecified atom stereocenters. The molecule has 1 heterocycles. The maximum absolute atomic E-state index is 12.2. The average Bonchev–Trinajstić information content (AvgIpc) is 2.53. The number of aliphatic hydroxyl groups is 1. The third-order valence-corrected chi connectivity index (χ3v) is 3.78. The van der Waals surface area contributed by atoms with E-state index in [0.29, 0.717) is 23.3 Å². The summed E-state index contributed by atoms with van der Waals surface area (Å²) in [7, 11) is 1.55. The predicted molar refractivity (Wildman–Crippen MR) is 86.8 cm³/mol. The van der Waals surface area contributed by atoms with Gasteiger partial charge in [-0.3, -0.25) is 4.79 Å². The van der Waals surface area contributed by atoms with Gasteiger partial charge in [0.1, 0.15) is 11.3 Å². The largest absolute Gasteiger partial charge is 0.497 e. The molecule has 0 aliphatic carbocycles. The highest BCUT2D eigenvalue weighted by Gasteiger charge is 2.14. The van der Waals surface area contributed by atoms with Gasteiger partial charge in [-0.2, -0.15) is 0 Å². The van der Waals surface area contributed by atoms with Gasteiger partial charge in [0.2, 0.25) is 5.91 Å². The maximum Gasteiger partial charge on any atom is 0.339 e. The monoisotopic (exact) mass is 319 g/mol. The van der Waals surface area contributed by atoms with Crippen molar-refractivity contribution in [1.29, 1.82) is 0 Å². The van der Waals surface area contributed by atoms with Crippen LogP contribution >= 0.6 is 0 Å². The van der Waals surface area contributed by atoms with E-state index < -0.39 is 5.63 Å². The number of fused-ring (bicyclic) bond motifs is 1. The first-order chi connectivity index (χ1) is 11.0. The Morgan fingerprint density at radius 3 is 2.83 bits per heavy atom. The summed E-state index contributed by atoms with van der Waals surface area (Å²) in [5.74, 6) is 0.408. The van der Waals surface area contributed by atoms with Crippen molar-refractivity contribution in [2.24, 2.45) is 0 Å². The van der Waals surface area contributed by atoms with Gasteiger partial charge in [0.05, 0.1) is 13.7 Å². The molecular formula is C17H21NO5. The number of methoxy groups -OCH3 is 1. The third-order valence-electron chi connectivity index (χ3n) is 3.78. The molecule has 0 bridgehead atoms. The summed E-state index contributed by atoms with van der Waals surface area (Å²) in [5, 5.41) is 12.4. The minimum Gasteiger partial charge on any atom is -0.497 e. The Kier molecular flexibility index (Phi) is 5.39. The van der Waals surface area contributed by atoms with Crippen molar-refractivity contribution in [3.63, 3.8) is 0 Å². The van der Waals surface area contributed by atoms with Crippen LogP contribution in [0.2, 0.25) is 0 Å². The van der Waals surface area contributed by atoms with Crippen LogP contribution in [0.1, 0.15) is 24.5 Å². The van der Waals surface area contributed by atoms with Crippen LogP contribution in [-0.2, 0) is 11.2 Å². The zero-order valence-electron chi connectivity index (χ0n) is 13.5. The molecule has 2 N–H and O–H groups in total. The van der Waals surface area contributed by atoms with Gasteiger partial charge < -0.3 is 19.6 Å². The molecule has 0 aliphatic heterocycles. The Morgan fingerprint density at radius 1 is 1.43 bits per heavy atom. The predicted octanol–water partition coefficient (Wildman–Crippen LogP) is 1.54. The lowest BCUT2D eigenvalue weighted by molar-refractivity contribution is -0.121. The van der Waals surface area contributed by atoms with Crippen molar-refractivity contribution >= 4 is 16.9 Å². The molecule has 0 saturated carbocycles. The molecule has 6 heteroatoms. The first-order valence-corrected chi connectivity index (χ1v) is 7.46. The number of aliphatic hydroxyl groups excluding tert-OH is 1. The van der Waals surface area contributed by atoms with Gasteiger partial charge in [0.25, 0.3) is 0 Å². The Hall–Kier alpha value is -2.34. The van der Waals surface area contributed by atoms with Gasteiger partial charge in [-0.25, -0.2) is 4.79 Å². The number of hydrogen-bond donors (Lipinski definition) is 2. The zero-order chi connectivity index (χ0) is 17.0. The number of carbonyl (C=O) groups excluding carboxylic acids is 1. The van der Waals surface area contributed by atoms with Gasteiger partial charge in [-0.1, -0.05) is 0 Å². The number of aryl methyl sites for hydroxylation is 1. The molecule has 0 spiro atoms. The number of rotatable bonds is 6. The van der Waals surface area contributed by atoms with E-state index in [4.69, 9.17) is 14.3 Å². The van der Waals surface area contributed by atoms with Gasteiger partial charge in [0.15, 0.2) is 0 Å². The Balaban J connectivity index is 2.24. The van der Waals surface area contributed by atoms with E-state index in [1.807, 2.05) is 13.0 Å². The van der Waals surface area contributed by atoms with Crippen molar-refractivity contribution in [2.45, 2.75) is 32.7 Å². The fraction of sp³-hybridized carbons (Fsp3) is 0.412. The highest BCUT2D eigenvalue weighted by atomic mass is 16.5. The Bertz CT molecular complexity index is 765. The van der Waals surface area contributed by atoms with Crippen molar-refractivity contribution < 1.29 is 19.1 Å². The van der Waals surface area contributed by atoms with Crippen molar-refractivity contribution in [3.05, 3.63) is 39.7 Å². The van der Waals surface area contributed by atoms with Crippen LogP contribution in [0, 0.1) is 6.92 Å². The molecule has 23 heavy (non-hydrogen) atoms. The van der Waals surface area contributed by atoms with Crippen LogP contribution < -0.4 is 15.7 Å². The van der Waals surface area contributed by atoms with Gasteiger partial charge in [-0.15, -0.1) is 0 Å². The smallest absolute Gasteiger partial charge is 0.339 e. The molecular weight excluding hydrogens is 298 g/mol. The summed E-state index contributed by atoms with van der Waals surface area (Å²) in [6.45, 7) is 3.43. The summed E-state index contributed by atoms with van der Waals surface area (Å²) in [6.07, 6.45) is 0.456. The van der Waals surface area contributed by atoms with Crippen LogP contribution in [-0.4, -0.2) is 30.8 Å². The average molecular weight is 319 g/mol. The van der Waals surface area contributed by atoms with Crippen LogP contribution in [0.3, 0.4) is 0 Å². The van der Waals surface area contributed by atoms with E-state index in [-0.39, 0.29) is 25.0 Å². The van der Waals surface area contributed by atoms with Crippen LogP contribution in [0.5, 0.6) is 5.75 Å². The third kappa shape index (κ3) is 3.90. The SMILES string of the molecule is COc1ccc2c(C)c(CCC(=O)NC(C)CO)c(=O)oc2c1. The van der Waals surface area contributed by atoms with E-state index in [1.165, 1.54) is 0 Å². The van der Waals surface area contributed by atoms with Crippen molar-refractivity contribution in [1.82, 2.24) is 5.32 Å². The van der Waals surface area contributed by atoms with Crippen LogP contribution in [0.4, 0.5) is 0 Å². The molecule has 1 aromatic heterocycles. The highest BCUT2D eigenvalue weighted by Crippen LogP contribution is 2.24. The molecule has 6 nitrogen and oxygen atoms in total. The lowest BCUT2D eigenvalue weighted by Crippen LogP contribution is -2.35. The second-order valence-electron chi connectivity index (χ2n) is 5.51. The molecule has 124 valence electrons. The molecule has 1 atom stereocenters. The number of benzene rings is 1. The summed E-state index contributed by atoms with van der Waals surface area (Å²) < 4.78 is 10.5. The normalized spacial score (nSPS) is 12.2. The fourth-order valence-corrected chi connectivity index (χ4v) is 2.42. The second kappa shape index (κ2) is 7.28. The lowest BCUT2D eigenvalue weighted by Gasteiger charge is -2.11. The van der Waals surface area contributed by atoms with Crippen molar-refractivity contribution in [2.75, 3.05) is 13.7 Å². The van der Waals surface area contributed by atoms with Crippen molar-refractivity contribution in [3.8, 4) is 5.75 Å². The van der Waals surface area contributed by atoms with Gasteiger partial charge >= 0.3 is 5.63 Å². The fourth-order valence-electron chi connectivity index (χ4n) is 2.42. The number of amides is 1. The molecule has 2 aromatic rings. The van der Waals surface area contributed by atoms with Crippen LogP contribution in [0.15, 0.2) is 27.4 Å². The highest BCUT2D eigenvalue weighted by molar-refractivity contribution is 5.82. The zero-order valence-corrected chi connectivity index (χ0v) is 13.5. The standard InChI is InChI=1S/C17H21NO5/c1-10(9-19)18-16(20)7-6-14-11(2)13-5-4-12(22-3)8-15(13)23-17(14)21/h4-5,8,10,19H,6-7,9H2,1-3H3,(H,18,20). The van der Waals surface area contributed by atoms with Crippen LogP contribution in [0.25, 0.3) is 11.0 Å². The maximum atomic E-state index is 12.2. The lowest BCUT2D eigenvalue weighted by atomic mass is 10.0. The summed E-state index contributed by atoms with van der Waals surface area (Å²) in [5.41, 5.74) is 1.33. The molecule has 1 amide bonds. The molecule has 0 aliphatic rings. The summed E-state index contributed by atoms with van der Waals surface area (Å²) in [4.78, 5) is 23.9. The first kappa shape index (κ1) is 17.0. The minimum absolute atomic E-state index is 0.120. The quantitative estimate of drug-likeness (QED) is 0.789. The second-order valence-corrected chi connectivity index (χ2v) is 5.51. The van der Waals surface area contributed by atoms with Gasteiger partial charge in [0, 0.05) is 29.5 Å². The van der Waals surface area contributed by atoms with E-state index in [1.54, 1.807) is 26.2 Å². The Morgan fingerprint density at radius 2 is 2.17 bits per heavy atom. The van der Waals surface area contributed by atoms with E-state index in [0.717, 1.165) is 10.9 Å². The first-order valence-electron chi connectivity index (χ1n) is 7.46. The Labute approximate surface area is 134 Å². The molecule has 2 rings (SSSR count). The van der Waals surface area contributed by atoms with E-state index >= 15 is 0 Å². The minimum atomic E-state index is -0.439. The number of ether oxygens (including phenoxy) is 1. The number of carbonyl (C=O) groups is 1. The molecule has 0 radical (unpaired) electrons. The molecule has 0 fully saturated rings. The van der Waals surface area contributed by atoms with E-state index in [9.17, 15) is 9.59 Å².